The molecule has 1 saturated carbocycles. The first kappa shape index (κ1) is 19.6. The number of hydrogen-bond donors (Lipinski definition) is 3. The fourth-order valence-corrected chi connectivity index (χ4v) is 4.59. The molecule has 7 heteroatoms. The summed E-state index contributed by atoms with van der Waals surface area (Å²) in [6.45, 7) is 2.77. The van der Waals surface area contributed by atoms with Crippen molar-refractivity contribution in [2.75, 3.05) is 24.5 Å². The molecule has 4 rings (SSSR count). The number of nitrogens with one attached hydrogen (secondary N) is 2. The monoisotopic (exact) mass is 406 g/mol. The fraction of sp³-hybridized carbons (Fsp3) is 0.409. The van der Waals surface area contributed by atoms with E-state index in [0.29, 0.717) is 5.56 Å². The highest BCUT2D eigenvalue weighted by molar-refractivity contribution is 7.17. The van der Waals surface area contributed by atoms with Crippen molar-refractivity contribution in [3.05, 3.63) is 40.9 Å². The summed E-state index contributed by atoms with van der Waals surface area (Å²) in [5.41, 5.74) is 9.36. The molecular formula is C22H26N6S. The zero-order valence-electron chi connectivity index (χ0n) is 16.4. The molecule has 6 nitrogen and oxygen atoms in total. The second-order valence-electron chi connectivity index (χ2n) is 7.78. The molecule has 2 aliphatic rings. The zero-order valence-corrected chi connectivity index (χ0v) is 17.2. The predicted molar refractivity (Wildman–Crippen MR) is 119 cm³/mol. The largest absolute Gasteiger partial charge is 0.390 e. The van der Waals surface area contributed by atoms with Crippen LogP contribution >= 0.6 is 11.3 Å². The predicted octanol–water partition coefficient (Wildman–Crippen LogP) is 3.60. The van der Waals surface area contributed by atoms with Gasteiger partial charge in [0, 0.05) is 49.2 Å². The van der Waals surface area contributed by atoms with Crippen LogP contribution in [-0.4, -0.2) is 36.9 Å². The third-order valence-electron chi connectivity index (χ3n) is 5.49. The van der Waals surface area contributed by atoms with Crippen LogP contribution in [0.5, 0.6) is 0 Å². The van der Waals surface area contributed by atoms with E-state index in [9.17, 15) is 0 Å². The minimum absolute atomic E-state index is 0.271. The molecule has 0 radical (unpaired) electrons. The third-order valence-corrected chi connectivity index (χ3v) is 6.66. The van der Waals surface area contributed by atoms with E-state index in [1.54, 1.807) is 11.3 Å². The van der Waals surface area contributed by atoms with Crippen LogP contribution in [0.4, 0.5) is 5.13 Å². The van der Waals surface area contributed by atoms with E-state index in [0.717, 1.165) is 65.2 Å². The van der Waals surface area contributed by atoms with Crippen molar-refractivity contribution in [3.63, 3.8) is 0 Å². The first-order valence-corrected chi connectivity index (χ1v) is 11.0. The SMILES string of the molecule is N#Cc1ccc(-c2nc(N3CCC(N)CC3)sc2/C(C=N)=C/NCC2CC2)cc1. The number of rotatable bonds is 7. The van der Waals surface area contributed by atoms with Crippen LogP contribution in [0.2, 0.25) is 0 Å². The lowest BCUT2D eigenvalue weighted by atomic mass is 10.1. The molecule has 2 fully saturated rings. The van der Waals surface area contributed by atoms with E-state index < -0.39 is 0 Å². The lowest BCUT2D eigenvalue weighted by Crippen LogP contribution is -2.39. The fourth-order valence-electron chi connectivity index (χ4n) is 3.46. The Morgan fingerprint density at radius 2 is 2.00 bits per heavy atom. The topological polar surface area (TPSA) is 102 Å². The molecule has 29 heavy (non-hydrogen) atoms. The van der Waals surface area contributed by atoms with Crippen LogP contribution in [-0.2, 0) is 0 Å². The van der Waals surface area contributed by atoms with Gasteiger partial charge < -0.3 is 21.4 Å². The van der Waals surface area contributed by atoms with Gasteiger partial charge in [0.1, 0.15) is 0 Å². The van der Waals surface area contributed by atoms with Gasteiger partial charge >= 0.3 is 0 Å². The van der Waals surface area contributed by atoms with E-state index in [4.69, 9.17) is 21.4 Å². The van der Waals surface area contributed by atoms with Crippen molar-refractivity contribution in [3.8, 4) is 17.3 Å². The number of allylic oxidation sites excluding steroid dienone is 1. The number of anilines is 1. The number of benzene rings is 1. The summed E-state index contributed by atoms with van der Waals surface area (Å²) >= 11 is 1.63. The quantitative estimate of drug-likeness (QED) is 0.610. The number of aromatic nitrogens is 1. The maximum absolute atomic E-state index is 9.09. The van der Waals surface area contributed by atoms with Gasteiger partial charge in [-0.2, -0.15) is 5.26 Å². The molecule has 1 aliphatic carbocycles. The second kappa shape index (κ2) is 8.76. The average molecular weight is 407 g/mol. The Morgan fingerprint density at radius 1 is 1.28 bits per heavy atom. The number of nitrogens with two attached hydrogens (primary N) is 1. The molecule has 1 saturated heterocycles. The summed E-state index contributed by atoms with van der Waals surface area (Å²) in [6.07, 6.45) is 7.87. The number of thiazole rings is 1. The standard InChI is InChI=1S/C22H26N6S/c23-11-15-3-5-17(6-4-15)20-21(18(12-24)14-26-13-16-1-2-16)29-22(27-20)28-9-7-19(25)8-10-28/h3-6,12,14,16,19,24,26H,1-2,7-10,13,25H2/b18-14+,24-12?. The molecular weight excluding hydrogens is 380 g/mol. The highest BCUT2D eigenvalue weighted by Crippen LogP contribution is 2.38. The highest BCUT2D eigenvalue weighted by Gasteiger charge is 2.23. The molecule has 1 aliphatic heterocycles. The number of nitriles is 1. The number of hydrogen-bond acceptors (Lipinski definition) is 7. The van der Waals surface area contributed by atoms with E-state index in [2.05, 4.69) is 16.3 Å². The Kier molecular flexibility index (Phi) is 5.93. The lowest BCUT2D eigenvalue weighted by Gasteiger charge is -2.29. The first-order valence-electron chi connectivity index (χ1n) is 10.1. The lowest BCUT2D eigenvalue weighted by molar-refractivity contribution is 0.501. The Hall–Kier alpha value is -2.69. The van der Waals surface area contributed by atoms with Crippen molar-refractivity contribution in [2.24, 2.45) is 11.7 Å². The first-order chi connectivity index (χ1) is 14.2. The molecule has 0 unspecified atom stereocenters. The third kappa shape index (κ3) is 4.66. The van der Waals surface area contributed by atoms with Gasteiger partial charge in [-0.25, -0.2) is 4.98 Å². The van der Waals surface area contributed by atoms with E-state index in [1.165, 1.54) is 19.1 Å². The van der Waals surface area contributed by atoms with E-state index >= 15 is 0 Å². The van der Waals surface area contributed by atoms with Gasteiger partial charge in [-0.15, -0.1) is 0 Å². The van der Waals surface area contributed by atoms with Crippen molar-refractivity contribution in [2.45, 2.75) is 31.7 Å². The Morgan fingerprint density at radius 3 is 2.62 bits per heavy atom. The molecule has 1 aromatic carbocycles. The summed E-state index contributed by atoms with van der Waals surface area (Å²) in [6, 6.07) is 9.94. The van der Waals surface area contributed by atoms with Gasteiger partial charge in [-0.05, 0) is 43.7 Å². The molecule has 0 bridgehead atoms. The van der Waals surface area contributed by atoms with Gasteiger partial charge in [0.25, 0.3) is 0 Å². The molecule has 2 heterocycles. The van der Waals surface area contributed by atoms with Gasteiger partial charge in [0.15, 0.2) is 5.13 Å². The summed E-state index contributed by atoms with van der Waals surface area (Å²) in [5, 5.41) is 21.4. The van der Waals surface area contributed by atoms with Gasteiger partial charge in [0.05, 0.1) is 22.2 Å². The minimum Gasteiger partial charge on any atom is -0.390 e. The van der Waals surface area contributed by atoms with E-state index in [1.807, 2.05) is 30.5 Å². The second-order valence-corrected chi connectivity index (χ2v) is 8.76. The van der Waals surface area contributed by atoms with Crippen LogP contribution < -0.4 is 16.0 Å². The molecule has 0 atom stereocenters. The van der Waals surface area contributed by atoms with Crippen LogP contribution in [0, 0.1) is 22.7 Å². The highest BCUT2D eigenvalue weighted by atomic mass is 32.1. The maximum atomic E-state index is 9.09. The van der Waals surface area contributed by atoms with Crippen molar-refractivity contribution in [1.29, 1.82) is 10.7 Å². The summed E-state index contributed by atoms with van der Waals surface area (Å²) in [5.74, 6) is 0.769. The number of piperidine rings is 1. The Bertz CT molecular complexity index is 927. The van der Waals surface area contributed by atoms with E-state index in [-0.39, 0.29) is 6.04 Å². The smallest absolute Gasteiger partial charge is 0.186 e. The molecule has 4 N–H and O–H groups in total. The molecule has 0 spiro atoms. The van der Waals surface area contributed by atoms with Crippen molar-refractivity contribution in [1.82, 2.24) is 10.3 Å². The molecule has 150 valence electrons. The maximum Gasteiger partial charge on any atom is 0.186 e. The Balaban J connectivity index is 1.67. The van der Waals surface area contributed by atoms with Gasteiger partial charge in [0.2, 0.25) is 0 Å². The van der Waals surface area contributed by atoms with Gasteiger partial charge in [-0.1, -0.05) is 23.5 Å². The van der Waals surface area contributed by atoms with Gasteiger partial charge in [-0.3, -0.25) is 0 Å². The minimum atomic E-state index is 0.271. The Labute approximate surface area is 175 Å². The molecule has 1 aromatic heterocycles. The van der Waals surface area contributed by atoms with Crippen molar-refractivity contribution < 1.29 is 0 Å². The average Bonchev–Trinajstić information content (AvgIpc) is 3.48. The summed E-state index contributed by atoms with van der Waals surface area (Å²) < 4.78 is 0. The zero-order chi connectivity index (χ0) is 20.2. The summed E-state index contributed by atoms with van der Waals surface area (Å²) in [7, 11) is 0. The number of nitrogens with zero attached hydrogens (tertiary/aromatic N) is 3. The normalized spacial score (nSPS) is 17.8. The molecule has 2 aromatic rings. The van der Waals surface area contributed by atoms with Crippen LogP contribution in [0.25, 0.3) is 16.8 Å². The molecule has 0 amide bonds. The summed E-state index contributed by atoms with van der Waals surface area (Å²) in [4.78, 5) is 8.24. The van der Waals surface area contributed by atoms with Crippen molar-refractivity contribution >= 4 is 28.3 Å². The van der Waals surface area contributed by atoms with Crippen LogP contribution in [0.3, 0.4) is 0 Å². The van der Waals surface area contributed by atoms with Crippen LogP contribution in [0.15, 0.2) is 30.5 Å². The van der Waals surface area contributed by atoms with Crippen LogP contribution in [0.1, 0.15) is 36.1 Å².